The molecule has 0 bridgehead atoms. The van der Waals surface area contributed by atoms with Gasteiger partial charge in [0.15, 0.2) is 0 Å². The lowest BCUT2D eigenvalue weighted by molar-refractivity contribution is 0.215. The fraction of sp³-hybridized carbons (Fsp3) is 0.545. The summed E-state index contributed by atoms with van der Waals surface area (Å²) in [5, 5.41) is 18.5. The van der Waals surface area contributed by atoms with E-state index in [4.69, 9.17) is 0 Å². The summed E-state index contributed by atoms with van der Waals surface area (Å²) in [7, 11) is 1.88. The quantitative estimate of drug-likeness (QED) is 0.771. The number of aliphatic hydroxyl groups excluding tert-OH is 2. The van der Waals surface area contributed by atoms with Crippen molar-refractivity contribution in [3.63, 3.8) is 0 Å². The Bertz CT molecular complexity index is 326. The Morgan fingerprint density at radius 2 is 2.07 bits per heavy atom. The summed E-state index contributed by atoms with van der Waals surface area (Å²) in [6.07, 6.45) is 3.35. The minimum Gasteiger partial charge on any atom is -0.394 e. The number of aliphatic hydroxyl groups is 2. The predicted octanol–water partition coefficient (Wildman–Crippen LogP) is 0.781. The first-order valence-corrected chi connectivity index (χ1v) is 4.91. The van der Waals surface area contributed by atoms with Crippen molar-refractivity contribution in [3.8, 4) is 0 Å². The van der Waals surface area contributed by atoms with Gasteiger partial charge >= 0.3 is 0 Å². The zero-order valence-corrected chi connectivity index (χ0v) is 9.44. The first-order chi connectivity index (χ1) is 7.03. The van der Waals surface area contributed by atoms with Crippen LogP contribution in [0.3, 0.4) is 0 Å². The molecule has 0 fully saturated rings. The van der Waals surface area contributed by atoms with Crippen LogP contribution < -0.4 is 4.90 Å². The van der Waals surface area contributed by atoms with Gasteiger partial charge in [-0.1, -0.05) is 0 Å². The molecule has 4 heteroatoms. The maximum atomic E-state index is 9.26. The molecule has 0 spiro atoms. The van der Waals surface area contributed by atoms with E-state index in [1.165, 1.54) is 0 Å². The van der Waals surface area contributed by atoms with E-state index in [9.17, 15) is 10.2 Å². The molecule has 1 heterocycles. The zero-order chi connectivity index (χ0) is 11.5. The van der Waals surface area contributed by atoms with Gasteiger partial charge in [0.25, 0.3) is 0 Å². The molecule has 0 amide bonds. The standard InChI is InChI=1S/C11H18N2O2/c1-11(2,8-15)13(3)10-6-12-5-4-9(10)7-14/h4-6,14-15H,7-8H2,1-3H3. The van der Waals surface area contributed by atoms with E-state index in [0.29, 0.717) is 0 Å². The van der Waals surface area contributed by atoms with Crippen LogP contribution in [-0.2, 0) is 6.61 Å². The molecule has 2 N–H and O–H groups in total. The van der Waals surface area contributed by atoms with Gasteiger partial charge in [-0.2, -0.15) is 0 Å². The van der Waals surface area contributed by atoms with Crippen molar-refractivity contribution in [2.24, 2.45) is 0 Å². The highest BCUT2D eigenvalue weighted by atomic mass is 16.3. The van der Waals surface area contributed by atoms with Gasteiger partial charge < -0.3 is 15.1 Å². The van der Waals surface area contributed by atoms with Crippen molar-refractivity contribution in [2.75, 3.05) is 18.6 Å². The molecular weight excluding hydrogens is 192 g/mol. The number of hydrogen-bond acceptors (Lipinski definition) is 4. The van der Waals surface area contributed by atoms with Crippen molar-refractivity contribution < 1.29 is 10.2 Å². The van der Waals surface area contributed by atoms with Gasteiger partial charge in [0.05, 0.1) is 30.6 Å². The van der Waals surface area contributed by atoms with Gasteiger partial charge in [0, 0.05) is 18.8 Å². The van der Waals surface area contributed by atoms with Gasteiger partial charge in [-0.3, -0.25) is 4.98 Å². The monoisotopic (exact) mass is 210 g/mol. The van der Waals surface area contributed by atoms with Crippen molar-refractivity contribution in [3.05, 3.63) is 24.0 Å². The van der Waals surface area contributed by atoms with Gasteiger partial charge in [0.1, 0.15) is 0 Å². The summed E-state index contributed by atoms with van der Waals surface area (Å²) in [6, 6.07) is 1.78. The van der Waals surface area contributed by atoms with E-state index in [0.717, 1.165) is 11.3 Å². The first-order valence-electron chi connectivity index (χ1n) is 4.91. The Morgan fingerprint density at radius 1 is 1.40 bits per heavy atom. The van der Waals surface area contributed by atoms with E-state index in [2.05, 4.69) is 4.98 Å². The normalized spacial score (nSPS) is 11.5. The number of likely N-dealkylation sites (N-methyl/N-ethyl adjacent to an activating group) is 1. The molecule has 0 unspecified atom stereocenters. The number of hydrogen-bond donors (Lipinski definition) is 2. The third-order valence-electron chi connectivity index (χ3n) is 2.71. The minimum absolute atomic E-state index is 0.0241. The lowest BCUT2D eigenvalue weighted by Gasteiger charge is -2.36. The average Bonchev–Trinajstić information content (AvgIpc) is 2.28. The van der Waals surface area contributed by atoms with E-state index < -0.39 is 0 Å². The highest BCUT2D eigenvalue weighted by Crippen LogP contribution is 2.24. The van der Waals surface area contributed by atoms with E-state index >= 15 is 0 Å². The van der Waals surface area contributed by atoms with Crippen LogP contribution in [-0.4, -0.2) is 34.4 Å². The lowest BCUT2D eigenvalue weighted by atomic mass is 10.0. The van der Waals surface area contributed by atoms with E-state index in [-0.39, 0.29) is 18.8 Å². The largest absolute Gasteiger partial charge is 0.394 e. The molecule has 4 nitrogen and oxygen atoms in total. The molecule has 0 saturated carbocycles. The first kappa shape index (κ1) is 11.9. The molecule has 0 aliphatic rings. The van der Waals surface area contributed by atoms with Crippen molar-refractivity contribution >= 4 is 5.69 Å². The van der Waals surface area contributed by atoms with Gasteiger partial charge in [-0.15, -0.1) is 0 Å². The molecular formula is C11H18N2O2. The summed E-state index contributed by atoms with van der Waals surface area (Å²) >= 11 is 0. The molecule has 0 atom stereocenters. The summed E-state index contributed by atoms with van der Waals surface area (Å²) < 4.78 is 0. The van der Waals surface area contributed by atoms with Crippen LogP contribution in [0.25, 0.3) is 0 Å². The Hall–Kier alpha value is -1.13. The Labute approximate surface area is 90.2 Å². The SMILES string of the molecule is CN(c1cnccc1CO)C(C)(C)CO. The summed E-state index contributed by atoms with van der Waals surface area (Å²) in [5.74, 6) is 0. The predicted molar refractivity (Wildman–Crippen MR) is 59.7 cm³/mol. The fourth-order valence-corrected chi connectivity index (χ4v) is 1.28. The van der Waals surface area contributed by atoms with Crippen LogP contribution in [0.4, 0.5) is 5.69 Å². The van der Waals surface area contributed by atoms with Crippen LogP contribution >= 0.6 is 0 Å². The number of pyridine rings is 1. The smallest absolute Gasteiger partial charge is 0.0703 e. The average molecular weight is 210 g/mol. The summed E-state index contributed by atoms with van der Waals surface area (Å²) in [4.78, 5) is 5.95. The third-order valence-corrected chi connectivity index (χ3v) is 2.71. The molecule has 0 aliphatic heterocycles. The topological polar surface area (TPSA) is 56.6 Å². The Morgan fingerprint density at radius 3 is 2.60 bits per heavy atom. The Balaban J connectivity index is 3.05. The third kappa shape index (κ3) is 2.46. The second kappa shape index (κ2) is 4.59. The van der Waals surface area contributed by atoms with Gasteiger partial charge in [0.2, 0.25) is 0 Å². The van der Waals surface area contributed by atoms with Crippen molar-refractivity contribution in [1.82, 2.24) is 4.98 Å². The fourth-order valence-electron chi connectivity index (χ4n) is 1.28. The second-order valence-corrected chi connectivity index (χ2v) is 4.19. The van der Waals surface area contributed by atoms with E-state index in [1.54, 1.807) is 18.5 Å². The molecule has 0 aromatic carbocycles. The minimum atomic E-state index is -0.368. The molecule has 15 heavy (non-hydrogen) atoms. The molecule has 1 aromatic rings. The summed E-state index contributed by atoms with van der Waals surface area (Å²) in [5.41, 5.74) is 1.29. The number of rotatable bonds is 4. The van der Waals surface area contributed by atoms with Gasteiger partial charge in [-0.05, 0) is 19.9 Å². The number of nitrogens with zero attached hydrogens (tertiary/aromatic N) is 2. The second-order valence-electron chi connectivity index (χ2n) is 4.19. The molecule has 1 rings (SSSR count). The zero-order valence-electron chi connectivity index (χ0n) is 9.44. The lowest BCUT2D eigenvalue weighted by Crippen LogP contribution is -2.44. The van der Waals surface area contributed by atoms with Crippen molar-refractivity contribution in [1.29, 1.82) is 0 Å². The van der Waals surface area contributed by atoms with E-state index in [1.807, 2.05) is 25.8 Å². The van der Waals surface area contributed by atoms with Crippen molar-refractivity contribution in [2.45, 2.75) is 26.0 Å². The van der Waals surface area contributed by atoms with Crippen LogP contribution in [0.5, 0.6) is 0 Å². The Kier molecular flexibility index (Phi) is 3.66. The highest BCUT2D eigenvalue weighted by Gasteiger charge is 2.24. The number of aromatic nitrogens is 1. The molecule has 0 radical (unpaired) electrons. The molecule has 0 aliphatic carbocycles. The van der Waals surface area contributed by atoms with Crippen LogP contribution in [0.2, 0.25) is 0 Å². The van der Waals surface area contributed by atoms with Gasteiger partial charge in [-0.25, -0.2) is 0 Å². The highest BCUT2D eigenvalue weighted by molar-refractivity contribution is 5.52. The molecule has 0 saturated heterocycles. The maximum Gasteiger partial charge on any atom is 0.0703 e. The van der Waals surface area contributed by atoms with Crippen LogP contribution in [0.1, 0.15) is 19.4 Å². The van der Waals surface area contributed by atoms with Crippen LogP contribution in [0.15, 0.2) is 18.5 Å². The molecule has 1 aromatic heterocycles. The number of anilines is 1. The van der Waals surface area contributed by atoms with Crippen LogP contribution in [0, 0.1) is 0 Å². The maximum absolute atomic E-state index is 9.26. The molecule has 84 valence electrons. The summed E-state index contributed by atoms with van der Waals surface area (Å²) in [6.45, 7) is 3.88.